The van der Waals surface area contributed by atoms with Crippen LogP contribution in [0.5, 0.6) is 0 Å². The maximum absolute atomic E-state index is 13.4. The fraction of sp³-hybridized carbons (Fsp3) is 0.385. The molecular formula is C26H28BrN3O. The Balaban J connectivity index is 1.56. The molecule has 0 radical (unpaired) electrons. The molecule has 1 aromatic heterocycles. The van der Waals surface area contributed by atoms with E-state index in [1.165, 1.54) is 17.5 Å². The third-order valence-electron chi connectivity index (χ3n) is 7.11. The largest absolute Gasteiger partial charge is 0.340 e. The van der Waals surface area contributed by atoms with Crippen molar-refractivity contribution in [1.29, 1.82) is 0 Å². The van der Waals surface area contributed by atoms with Crippen LogP contribution in [0.25, 0.3) is 11.4 Å². The number of amides is 1. The van der Waals surface area contributed by atoms with E-state index < -0.39 is 5.54 Å². The first-order valence-corrected chi connectivity index (χ1v) is 12.1. The smallest absolute Gasteiger partial charge is 0.222 e. The molecule has 1 saturated heterocycles. The van der Waals surface area contributed by atoms with E-state index in [9.17, 15) is 4.79 Å². The van der Waals surface area contributed by atoms with Gasteiger partial charge in [0.1, 0.15) is 5.82 Å². The number of aromatic nitrogens is 2. The quantitative estimate of drug-likeness (QED) is 0.452. The van der Waals surface area contributed by atoms with E-state index in [0.717, 1.165) is 48.1 Å². The fourth-order valence-corrected chi connectivity index (χ4v) is 5.85. The van der Waals surface area contributed by atoms with Gasteiger partial charge in [-0.2, -0.15) is 0 Å². The first-order chi connectivity index (χ1) is 15.1. The maximum atomic E-state index is 13.4. The first-order valence-electron chi connectivity index (χ1n) is 11.3. The van der Waals surface area contributed by atoms with Crippen LogP contribution in [0.4, 0.5) is 0 Å². The summed E-state index contributed by atoms with van der Waals surface area (Å²) in [5.41, 5.74) is 3.17. The molecule has 2 aliphatic rings. The maximum Gasteiger partial charge on any atom is 0.222 e. The summed E-state index contributed by atoms with van der Waals surface area (Å²) in [6.07, 6.45) is 9.72. The van der Waals surface area contributed by atoms with Crippen molar-refractivity contribution in [1.82, 2.24) is 14.5 Å². The van der Waals surface area contributed by atoms with E-state index in [1.54, 1.807) is 0 Å². The number of hydrogen-bond acceptors (Lipinski definition) is 2. The Kier molecular flexibility index (Phi) is 5.47. The number of halogens is 1. The molecular weight excluding hydrogens is 450 g/mol. The average Bonchev–Trinajstić information content (AvgIpc) is 3.39. The zero-order valence-corrected chi connectivity index (χ0v) is 19.5. The predicted molar refractivity (Wildman–Crippen MR) is 127 cm³/mol. The zero-order valence-electron chi connectivity index (χ0n) is 17.9. The van der Waals surface area contributed by atoms with Gasteiger partial charge in [0.25, 0.3) is 0 Å². The molecule has 1 amide bonds. The Bertz CT molecular complexity index is 1090. The van der Waals surface area contributed by atoms with Crippen LogP contribution in [-0.2, 0) is 10.3 Å². The van der Waals surface area contributed by atoms with Crippen molar-refractivity contribution in [2.45, 2.75) is 57.0 Å². The van der Waals surface area contributed by atoms with Crippen molar-refractivity contribution >= 4 is 21.8 Å². The van der Waals surface area contributed by atoms with Gasteiger partial charge >= 0.3 is 0 Å². The van der Waals surface area contributed by atoms with Gasteiger partial charge in [-0.3, -0.25) is 4.79 Å². The molecule has 4 nitrogen and oxygen atoms in total. The van der Waals surface area contributed by atoms with E-state index in [1.807, 2.05) is 6.20 Å². The molecule has 160 valence electrons. The molecule has 2 unspecified atom stereocenters. The SMILES string of the molecule is CCC1CCCCN1C(=O)CCC1(c2ccc(Br)cc2)c2ccccc2-c2nccn21. The monoisotopic (exact) mass is 477 g/mol. The van der Waals surface area contributed by atoms with Crippen LogP contribution >= 0.6 is 15.9 Å². The molecule has 2 aromatic carbocycles. The number of hydrogen-bond donors (Lipinski definition) is 0. The topological polar surface area (TPSA) is 38.1 Å². The molecule has 2 atom stereocenters. The van der Waals surface area contributed by atoms with Crippen molar-refractivity contribution in [2.75, 3.05) is 6.54 Å². The number of likely N-dealkylation sites (tertiary alicyclic amines) is 1. The van der Waals surface area contributed by atoms with Crippen LogP contribution in [0.1, 0.15) is 56.6 Å². The van der Waals surface area contributed by atoms with Gasteiger partial charge in [0.2, 0.25) is 5.91 Å². The van der Waals surface area contributed by atoms with Crippen LogP contribution in [0.15, 0.2) is 65.4 Å². The number of carbonyl (C=O) groups is 1. The summed E-state index contributed by atoms with van der Waals surface area (Å²) in [6.45, 7) is 3.10. The molecule has 5 heteroatoms. The minimum Gasteiger partial charge on any atom is -0.340 e. The Labute approximate surface area is 192 Å². The summed E-state index contributed by atoms with van der Waals surface area (Å²) < 4.78 is 3.33. The van der Waals surface area contributed by atoms with Crippen molar-refractivity contribution in [3.63, 3.8) is 0 Å². The Morgan fingerprint density at radius 1 is 1.16 bits per heavy atom. The second-order valence-corrected chi connectivity index (χ2v) is 9.59. The van der Waals surface area contributed by atoms with Gasteiger partial charge in [0, 0.05) is 41.4 Å². The van der Waals surface area contributed by atoms with E-state index in [0.29, 0.717) is 12.5 Å². The van der Waals surface area contributed by atoms with Crippen molar-refractivity contribution in [3.8, 4) is 11.4 Å². The van der Waals surface area contributed by atoms with Gasteiger partial charge in [-0.25, -0.2) is 4.98 Å². The lowest BCUT2D eigenvalue weighted by atomic mass is 9.79. The Morgan fingerprint density at radius 3 is 2.77 bits per heavy atom. The standard InChI is InChI=1S/C26H28BrN3O/c1-2-21-7-5-6-17-29(21)24(31)14-15-26(19-10-12-20(27)13-11-19)23-9-4-3-8-22(23)25-28-16-18-30(25)26/h3-4,8-13,16,18,21H,2,5-7,14-15,17H2,1H3. The van der Waals surface area contributed by atoms with E-state index in [4.69, 9.17) is 0 Å². The van der Waals surface area contributed by atoms with Crippen molar-refractivity contribution < 1.29 is 4.79 Å². The molecule has 0 aliphatic carbocycles. The molecule has 0 spiro atoms. The minimum absolute atomic E-state index is 0.286. The van der Waals surface area contributed by atoms with Crippen LogP contribution in [0.3, 0.4) is 0 Å². The molecule has 0 bridgehead atoms. The molecule has 0 saturated carbocycles. The fourth-order valence-electron chi connectivity index (χ4n) is 5.58. The van der Waals surface area contributed by atoms with Crippen LogP contribution in [-0.4, -0.2) is 32.9 Å². The Morgan fingerprint density at radius 2 is 1.97 bits per heavy atom. The minimum atomic E-state index is -0.420. The van der Waals surface area contributed by atoms with E-state index in [-0.39, 0.29) is 5.91 Å². The molecule has 3 heterocycles. The predicted octanol–water partition coefficient (Wildman–Crippen LogP) is 5.99. The molecule has 0 N–H and O–H groups in total. The van der Waals surface area contributed by atoms with Gasteiger partial charge < -0.3 is 9.47 Å². The molecule has 31 heavy (non-hydrogen) atoms. The van der Waals surface area contributed by atoms with Crippen molar-refractivity contribution in [2.24, 2.45) is 0 Å². The van der Waals surface area contributed by atoms with Gasteiger partial charge in [-0.15, -0.1) is 0 Å². The second-order valence-electron chi connectivity index (χ2n) is 8.68. The highest BCUT2D eigenvalue weighted by Gasteiger charge is 2.45. The van der Waals surface area contributed by atoms with Crippen LogP contribution < -0.4 is 0 Å². The van der Waals surface area contributed by atoms with Crippen LogP contribution in [0, 0.1) is 0 Å². The summed E-state index contributed by atoms with van der Waals surface area (Å²) in [6, 6.07) is 17.4. The van der Waals surface area contributed by atoms with Crippen molar-refractivity contribution in [3.05, 3.63) is 76.5 Å². The van der Waals surface area contributed by atoms with Gasteiger partial charge in [0.15, 0.2) is 0 Å². The average molecular weight is 478 g/mol. The zero-order chi connectivity index (χ0) is 21.4. The Hall–Kier alpha value is -2.40. The summed E-state index contributed by atoms with van der Waals surface area (Å²) in [7, 11) is 0. The van der Waals surface area contributed by atoms with E-state index >= 15 is 0 Å². The molecule has 2 aliphatic heterocycles. The van der Waals surface area contributed by atoms with Gasteiger partial charge in [0.05, 0.1) is 5.54 Å². The first kappa shape index (κ1) is 20.5. The highest BCUT2D eigenvalue weighted by Crippen LogP contribution is 2.49. The summed E-state index contributed by atoms with van der Waals surface area (Å²) in [5.74, 6) is 1.27. The molecule has 1 fully saturated rings. The number of fused-ring (bicyclic) bond motifs is 3. The normalized spacial score (nSPS) is 22.3. The summed E-state index contributed by atoms with van der Waals surface area (Å²) in [5, 5.41) is 0. The van der Waals surface area contributed by atoms with E-state index in [2.05, 4.69) is 92.0 Å². The lowest BCUT2D eigenvalue weighted by Gasteiger charge is -2.37. The molecule has 3 aromatic rings. The number of benzene rings is 2. The third kappa shape index (κ3) is 3.34. The second kappa shape index (κ2) is 8.27. The number of imidazole rings is 1. The number of nitrogens with zero attached hydrogens (tertiary/aromatic N) is 3. The van der Waals surface area contributed by atoms with Gasteiger partial charge in [-0.05, 0) is 55.4 Å². The number of rotatable bonds is 5. The number of piperidine rings is 1. The highest BCUT2D eigenvalue weighted by atomic mass is 79.9. The lowest BCUT2D eigenvalue weighted by Crippen LogP contribution is -2.44. The molecule has 5 rings (SSSR count). The van der Waals surface area contributed by atoms with Gasteiger partial charge in [-0.1, -0.05) is 59.3 Å². The lowest BCUT2D eigenvalue weighted by molar-refractivity contribution is -0.135. The van der Waals surface area contributed by atoms with Crippen LogP contribution in [0.2, 0.25) is 0 Å². The summed E-state index contributed by atoms with van der Waals surface area (Å²) in [4.78, 5) is 20.2. The highest BCUT2D eigenvalue weighted by molar-refractivity contribution is 9.10. The third-order valence-corrected chi connectivity index (χ3v) is 7.64. The summed E-state index contributed by atoms with van der Waals surface area (Å²) >= 11 is 3.58. The number of carbonyl (C=O) groups excluding carboxylic acids is 1.